The van der Waals surface area contributed by atoms with Crippen LogP contribution in [0.1, 0.15) is 66.5 Å². The fourth-order valence-corrected chi connectivity index (χ4v) is 3.42. The first-order valence-electron chi connectivity index (χ1n) is 10.5. The summed E-state index contributed by atoms with van der Waals surface area (Å²) in [7, 11) is 0. The van der Waals surface area contributed by atoms with E-state index in [2.05, 4.69) is 20.9 Å². The van der Waals surface area contributed by atoms with Crippen LogP contribution >= 0.6 is 0 Å². The molecule has 0 unspecified atom stereocenters. The molecular weight excluding hydrogens is 433 g/mol. The molecule has 2 aromatic rings. The highest BCUT2D eigenvalue weighted by Gasteiger charge is 2.65. The van der Waals surface area contributed by atoms with Crippen LogP contribution in [0.2, 0.25) is 0 Å². The molecule has 0 radical (unpaired) electrons. The first-order chi connectivity index (χ1) is 15.1. The summed E-state index contributed by atoms with van der Waals surface area (Å²) in [6, 6.07) is 12.2. The van der Waals surface area contributed by atoms with E-state index in [1.54, 1.807) is 12.1 Å². The summed E-state index contributed by atoms with van der Waals surface area (Å²) >= 11 is 0. The van der Waals surface area contributed by atoms with Crippen LogP contribution in [-0.4, -0.2) is 29.1 Å². The molecule has 0 aromatic heterocycles. The Morgan fingerprint density at radius 2 is 1.24 bits per heavy atom. The summed E-state index contributed by atoms with van der Waals surface area (Å²) in [5, 5.41) is 12.1. The van der Waals surface area contributed by atoms with Gasteiger partial charge in [0.05, 0.1) is 0 Å². The first kappa shape index (κ1) is 24.4. The number of hydrogen-bond donors (Lipinski definition) is 2. The molecule has 1 heterocycles. The SMILES string of the molecule is CC(C)(C)NC(=O)c1ccc(CC(C)(C)NC(=O)c2ccc(C3(C(F)(F)F)N=N3)cc2)cc1. The van der Waals surface area contributed by atoms with Gasteiger partial charge in [-0.2, -0.15) is 13.2 Å². The van der Waals surface area contributed by atoms with Gasteiger partial charge in [0.25, 0.3) is 11.8 Å². The Morgan fingerprint density at radius 3 is 1.67 bits per heavy atom. The molecule has 2 aromatic carbocycles. The molecule has 1 aliphatic rings. The molecule has 0 fully saturated rings. The van der Waals surface area contributed by atoms with E-state index >= 15 is 0 Å². The number of nitrogens with zero attached hydrogens (tertiary/aromatic N) is 2. The molecule has 1 aliphatic heterocycles. The van der Waals surface area contributed by atoms with Crippen molar-refractivity contribution < 1.29 is 22.8 Å². The second kappa shape index (κ2) is 8.28. The molecule has 0 saturated heterocycles. The van der Waals surface area contributed by atoms with E-state index < -0.39 is 23.3 Å². The minimum atomic E-state index is -4.61. The summed E-state index contributed by atoms with van der Waals surface area (Å²) in [6.07, 6.45) is -4.12. The van der Waals surface area contributed by atoms with E-state index in [4.69, 9.17) is 0 Å². The zero-order valence-electron chi connectivity index (χ0n) is 19.2. The Bertz CT molecular complexity index is 1060. The molecule has 2 amide bonds. The number of amides is 2. The summed E-state index contributed by atoms with van der Waals surface area (Å²) in [5.41, 5.74) is -1.90. The Balaban J connectivity index is 1.62. The maximum atomic E-state index is 13.1. The normalized spacial score (nSPS) is 15.2. The van der Waals surface area contributed by atoms with Crippen molar-refractivity contribution in [3.63, 3.8) is 0 Å². The van der Waals surface area contributed by atoms with Crippen molar-refractivity contribution in [2.45, 2.75) is 64.0 Å². The third kappa shape index (κ3) is 5.77. The minimum absolute atomic E-state index is 0.124. The lowest BCUT2D eigenvalue weighted by molar-refractivity contribution is -0.166. The van der Waals surface area contributed by atoms with Crippen molar-refractivity contribution in [3.8, 4) is 0 Å². The summed E-state index contributed by atoms with van der Waals surface area (Å²) in [4.78, 5) is 24.9. The quantitative estimate of drug-likeness (QED) is 0.625. The molecule has 0 atom stereocenters. The van der Waals surface area contributed by atoms with Crippen LogP contribution in [0.15, 0.2) is 58.8 Å². The second-order valence-electron chi connectivity index (χ2n) is 9.86. The fourth-order valence-electron chi connectivity index (χ4n) is 3.42. The topological polar surface area (TPSA) is 82.9 Å². The van der Waals surface area contributed by atoms with Crippen LogP contribution in [-0.2, 0) is 12.1 Å². The van der Waals surface area contributed by atoms with E-state index in [9.17, 15) is 22.8 Å². The number of hydrogen-bond acceptors (Lipinski definition) is 4. The molecule has 2 N–H and O–H groups in total. The number of halogens is 3. The predicted molar refractivity (Wildman–Crippen MR) is 118 cm³/mol. The largest absolute Gasteiger partial charge is 0.442 e. The zero-order valence-corrected chi connectivity index (χ0v) is 19.2. The lowest BCUT2D eigenvalue weighted by atomic mass is 9.93. The third-order valence-electron chi connectivity index (χ3n) is 5.05. The minimum Gasteiger partial charge on any atom is -0.347 e. The highest BCUT2D eigenvalue weighted by atomic mass is 19.4. The average Bonchev–Trinajstić information content (AvgIpc) is 3.48. The highest BCUT2D eigenvalue weighted by molar-refractivity contribution is 5.95. The Hall–Kier alpha value is -3.23. The van der Waals surface area contributed by atoms with E-state index in [-0.39, 0.29) is 22.6 Å². The van der Waals surface area contributed by atoms with Gasteiger partial charge in [-0.25, -0.2) is 0 Å². The number of benzene rings is 2. The molecule has 0 spiro atoms. The van der Waals surface area contributed by atoms with Crippen molar-refractivity contribution in [1.29, 1.82) is 0 Å². The zero-order chi connectivity index (χ0) is 24.7. The fraction of sp³-hybridized carbons (Fsp3) is 0.417. The summed E-state index contributed by atoms with van der Waals surface area (Å²) < 4.78 is 39.4. The van der Waals surface area contributed by atoms with Crippen molar-refractivity contribution in [3.05, 3.63) is 70.8 Å². The van der Waals surface area contributed by atoms with Crippen molar-refractivity contribution in [2.24, 2.45) is 10.2 Å². The maximum absolute atomic E-state index is 13.1. The summed E-state index contributed by atoms with van der Waals surface area (Å²) in [5.74, 6) is -0.567. The molecule has 176 valence electrons. The van der Waals surface area contributed by atoms with Gasteiger partial charge < -0.3 is 10.6 Å². The van der Waals surface area contributed by atoms with Crippen LogP contribution in [0.3, 0.4) is 0 Å². The molecule has 0 aliphatic carbocycles. The highest BCUT2D eigenvalue weighted by Crippen LogP contribution is 2.52. The van der Waals surface area contributed by atoms with Gasteiger partial charge >= 0.3 is 11.8 Å². The number of nitrogens with one attached hydrogen (secondary N) is 2. The number of rotatable bonds is 6. The number of carbonyl (C=O) groups excluding carboxylic acids is 2. The molecule has 9 heteroatoms. The van der Waals surface area contributed by atoms with Crippen LogP contribution in [0.5, 0.6) is 0 Å². The number of carbonyl (C=O) groups is 2. The standard InChI is InChI=1S/C24H27F3N4O2/c1-21(2,3)28-19(32)16-8-6-15(7-9-16)14-22(4,5)29-20(33)17-10-12-18(13-11-17)23(30-31-23)24(25,26)27/h6-13H,14H2,1-5H3,(H,28,32)(H,29,33). The van der Waals surface area contributed by atoms with Gasteiger partial charge in [0.1, 0.15) is 0 Å². The molecule has 33 heavy (non-hydrogen) atoms. The monoisotopic (exact) mass is 460 g/mol. The van der Waals surface area contributed by atoms with Crippen LogP contribution in [0.25, 0.3) is 0 Å². The maximum Gasteiger partial charge on any atom is 0.442 e. The Labute approximate surface area is 190 Å². The summed E-state index contributed by atoms with van der Waals surface area (Å²) in [6.45, 7) is 9.41. The lowest BCUT2D eigenvalue weighted by Gasteiger charge is -2.27. The van der Waals surface area contributed by atoms with Crippen molar-refractivity contribution in [1.82, 2.24) is 10.6 Å². The van der Waals surface area contributed by atoms with Gasteiger partial charge in [-0.1, -0.05) is 24.3 Å². The van der Waals surface area contributed by atoms with Crippen molar-refractivity contribution in [2.75, 3.05) is 0 Å². The van der Waals surface area contributed by atoms with E-state index in [0.717, 1.165) is 5.56 Å². The van der Waals surface area contributed by atoms with Crippen molar-refractivity contribution >= 4 is 11.8 Å². The molecule has 3 rings (SSSR count). The van der Waals surface area contributed by atoms with Gasteiger partial charge in [0, 0.05) is 27.8 Å². The smallest absolute Gasteiger partial charge is 0.347 e. The van der Waals surface area contributed by atoms with Crippen LogP contribution < -0.4 is 10.6 Å². The first-order valence-corrected chi connectivity index (χ1v) is 10.5. The molecular formula is C24H27F3N4O2. The van der Waals surface area contributed by atoms with E-state index in [0.29, 0.717) is 12.0 Å². The number of alkyl halides is 3. The van der Waals surface area contributed by atoms with E-state index in [1.807, 2.05) is 46.8 Å². The molecule has 0 bridgehead atoms. The molecule has 6 nitrogen and oxygen atoms in total. The van der Waals surface area contributed by atoms with Gasteiger partial charge in [-0.3, -0.25) is 9.59 Å². The van der Waals surface area contributed by atoms with E-state index in [1.165, 1.54) is 24.3 Å². The molecule has 0 saturated carbocycles. The Kier molecular flexibility index (Phi) is 6.12. The predicted octanol–water partition coefficient (Wildman–Crippen LogP) is 5.15. The van der Waals surface area contributed by atoms with Gasteiger partial charge in [-0.15, -0.1) is 10.2 Å². The Morgan fingerprint density at radius 1 is 0.788 bits per heavy atom. The van der Waals surface area contributed by atoms with Gasteiger partial charge in [0.2, 0.25) is 0 Å². The third-order valence-corrected chi connectivity index (χ3v) is 5.05. The average molecular weight is 461 g/mol. The lowest BCUT2D eigenvalue weighted by Crippen LogP contribution is -2.45. The van der Waals surface area contributed by atoms with Gasteiger partial charge in [-0.05, 0) is 70.9 Å². The van der Waals surface area contributed by atoms with Crippen LogP contribution in [0, 0.1) is 0 Å². The second-order valence-corrected chi connectivity index (χ2v) is 9.86. The van der Waals surface area contributed by atoms with Crippen LogP contribution in [0.4, 0.5) is 13.2 Å². The van der Waals surface area contributed by atoms with Gasteiger partial charge in [0.15, 0.2) is 0 Å².